The zero-order valence-electron chi connectivity index (χ0n) is 19.8. The Morgan fingerprint density at radius 1 is 1.12 bits per heavy atom. The van der Waals surface area contributed by atoms with Crippen LogP contribution in [-0.4, -0.2) is 51.7 Å². The average Bonchev–Trinajstić information content (AvgIpc) is 3.37. The molecule has 2 aliphatic heterocycles. The summed E-state index contributed by atoms with van der Waals surface area (Å²) in [7, 11) is 1.86. The fraction of sp³-hybridized carbons (Fsp3) is 0.483. The van der Waals surface area contributed by atoms with Gasteiger partial charge >= 0.3 is 0 Å². The summed E-state index contributed by atoms with van der Waals surface area (Å²) in [5.41, 5.74) is 3.97. The van der Waals surface area contributed by atoms with Crippen LogP contribution < -0.4 is 5.32 Å². The normalized spacial score (nSPS) is 42.4. The van der Waals surface area contributed by atoms with Crippen LogP contribution in [0.15, 0.2) is 66.0 Å². The number of fused-ring (bicyclic) bond motifs is 2. The minimum Gasteiger partial charge on any atom is -0.388 e. The molecule has 7 atom stereocenters. The Hall–Kier alpha value is -2.31. The minimum atomic E-state index is -0.889. The van der Waals surface area contributed by atoms with Crippen molar-refractivity contribution in [2.45, 2.75) is 68.5 Å². The maximum absolute atomic E-state index is 11.0. The molecular weight excluding hydrogens is 424 g/mol. The van der Waals surface area contributed by atoms with E-state index in [0.717, 1.165) is 31.3 Å². The quantitative estimate of drug-likeness (QED) is 0.639. The van der Waals surface area contributed by atoms with Crippen molar-refractivity contribution in [3.8, 4) is 0 Å². The second-order valence-electron chi connectivity index (χ2n) is 11.2. The van der Waals surface area contributed by atoms with Crippen molar-refractivity contribution in [3.05, 3.63) is 71.6 Å². The van der Waals surface area contributed by atoms with Crippen molar-refractivity contribution in [1.29, 1.82) is 0 Å². The number of ether oxygens (including phenoxy) is 1. The van der Waals surface area contributed by atoms with Crippen LogP contribution in [0.1, 0.15) is 44.6 Å². The molecule has 2 spiro atoms. The van der Waals surface area contributed by atoms with E-state index in [-0.39, 0.29) is 17.1 Å². The third-order valence-corrected chi connectivity index (χ3v) is 9.78. The Morgan fingerprint density at radius 3 is 2.85 bits per heavy atom. The van der Waals surface area contributed by atoms with Crippen LogP contribution in [0.4, 0.5) is 0 Å². The summed E-state index contributed by atoms with van der Waals surface area (Å²) in [6.07, 6.45) is 13.6. The van der Waals surface area contributed by atoms with Gasteiger partial charge in [-0.2, -0.15) is 0 Å². The highest BCUT2D eigenvalue weighted by molar-refractivity contribution is 5.87. The van der Waals surface area contributed by atoms with Crippen LogP contribution in [0.25, 0.3) is 16.3 Å². The summed E-state index contributed by atoms with van der Waals surface area (Å²) in [4.78, 5) is 4.33. The highest BCUT2D eigenvalue weighted by Gasteiger charge is 2.67. The van der Waals surface area contributed by atoms with Gasteiger partial charge in [0.15, 0.2) is 0 Å². The number of likely N-dealkylation sites (N-methyl/N-ethyl adjacent to an activating group) is 1. The van der Waals surface area contributed by atoms with Crippen LogP contribution >= 0.6 is 0 Å². The zero-order chi connectivity index (χ0) is 23.3. The molecule has 2 fully saturated rings. The molecule has 3 heterocycles. The smallest absolute Gasteiger partial charge is 0.105 e. The van der Waals surface area contributed by atoms with Gasteiger partial charge in [-0.15, -0.1) is 0 Å². The first kappa shape index (κ1) is 21.0. The van der Waals surface area contributed by atoms with E-state index in [9.17, 15) is 10.2 Å². The molecule has 7 rings (SSSR count). The summed E-state index contributed by atoms with van der Waals surface area (Å²) in [6.45, 7) is 2.41. The first-order valence-corrected chi connectivity index (χ1v) is 12.6. The van der Waals surface area contributed by atoms with E-state index < -0.39 is 17.8 Å². The molecule has 34 heavy (non-hydrogen) atoms. The molecule has 0 radical (unpaired) electrons. The SMILES string of the molecule is CN[C@H]1C[C@@]23CC[C@@]4(O2)C(=CC[C@]2(C)C(c5ccc6ccncc6c5)=CC[C@H]24)C=C3[C@@H](O)[C@@H]1O. The molecule has 3 N–H and O–H groups in total. The van der Waals surface area contributed by atoms with Gasteiger partial charge < -0.3 is 20.3 Å². The van der Waals surface area contributed by atoms with Crippen molar-refractivity contribution < 1.29 is 14.9 Å². The van der Waals surface area contributed by atoms with Crippen LogP contribution in [0, 0.1) is 11.3 Å². The van der Waals surface area contributed by atoms with E-state index in [2.05, 4.69) is 59.7 Å². The third-order valence-electron chi connectivity index (χ3n) is 9.78. The highest BCUT2D eigenvalue weighted by Crippen LogP contribution is 2.67. The lowest BCUT2D eigenvalue weighted by molar-refractivity contribution is -0.153. The molecule has 2 aromatic rings. The Labute approximate surface area is 200 Å². The third kappa shape index (κ3) is 2.51. The summed E-state index contributed by atoms with van der Waals surface area (Å²) in [5.74, 6) is 0.355. The zero-order valence-corrected chi connectivity index (χ0v) is 19.8. The second-order valence-corrected chi connectivity index (χ2v) is 11.2. The molecule has 1 aromatic heterocycles. The van der Waals surface area contributed by atoms with Gasteiger partial charge in [-0.05, 0) is 79.0 Å². The number of aromatic nitrogens is 1. The van der Waals surface area contributed by atoms with Crippen molar-refractivity contribution in [2.24, 2.45) is 11.3 Å². The van der Waals surface area contributed by atoms with Crippen molar-refractivity contribution in [2.75, 3.05) is 7.05 Å². The summed E-state index contributed by atoms with van der Waals surface area (Å²) >= 11 is 0. The van der Waals surface area contributed by atoms with E-state index in [0.29, 0.717) is 12.3 Å². The van der Waals surface area contributed by atoms with E-state index >= 15 is 0 Å². The van der Waals surface area contributed by atoms with Gasteiger partial charge in [-0.3, -0.25) is 4.98 Å². The lowest BCUT2D eigenvalue weighted by Gasteiger charge is -2.55. The Morgan fingerprint density at radius 2 is 2.00 bits per heavy atom. The first-order valence-electron chi connectivity index (χ1n) is 12.6. The van der Waals surface area contributed by atoms with Gasteiger partial charge in [0.1, 0.15) is 6.10 Å². The van der Waals surface area contributed by atoms with Crippen LogP contribution in [0.3, 0.4) is 0 Å². The predicted molar refractivity (Wildman–Crippen MR) is 132 cm³/mol. The number of hydrogen-bond donors (Lipinski definition) is 3. The molecule has 176 valence electrons. The molecule has 2 bridgehead atoms. The largest absolute Gasteiger partial charge is 0.388 e. The maximum atomic E-state index is 11.0. The Bertz CT molecular complexity index is 1300. The first-order chi connectivity index (χ1) is 16.4. The fourth-order valence-electron chi connectivity index (χ4n) is 8.01. The molecule has 0 unspecified atom stereocenters. The lowest BCUT2D eigenvalue weighted by Crippen LogP contribution is -2.61. The molecule has 5 nitrogen and oxygen atoms in total. The number of hydrogen-bond acceptors (Lipinski definition) is 5. The van der Waals surface area contributed by atoms with E-state index in [1.54, 1.807) is 0 Å². The standard InChI is InChI=1S/C29H32N2O3/c1-27-9-7-20-14-22-25(32)26(33)23(30-2)15-28(22)10-11-29(20,34-28)24(27)6-5-21(27)18-4-3-17-8-12-31-16-19(17)13-18/h3-5,7-8,12-14,16,23-26,30,32-33H,6,9-11,15H2,1-2H3/t23-,24+,25+,26+,27+,28+,29+/m0/s1. The second kappa shape index (κ2) is 6.88. The van der Waals surface area contributed by atoms with Crippen LogP contribution in [0.5, 0.6) is 0 Å². The molecule has 1 aromatic carbocycles. The van der Waals surface area contributed by atoms with Gasteiger partial charge in [0.2, 0.25) is 0 Å². The van der Waals surface area contributed by atoms with Crippen LogP contribution in [-0.2, 0) is 4.74 Å². The molecule has 3 aliphatic carbocycles. The fourth-order valence-corrected chi connectivity index (χ4v) is 8.01. The van der Waals surface area contributed by atoms with E-state index in [4.69, 9.17) is 4.74 Å². The number of nitrogens with zero attached hydrogens (tertiary/aromatic N) is 1. The Kier molecular flexibility index (Phi) is 4.25. The van der Waals surface area contributed by atoms with Crippen molar-refractivity contribution >= 4 is 16.3 Å². The van der Waals surface area contributed by atoms with Gasteiger partial charge in [0, 0.05) is 35.2 Å². The number of allylic oxidation sites excluding steroid dienone is 3. The van der Waals surface area contributed by atoms with E-state index in [1.807, 2.05) is 19.4 Å². The number of pyridine rings is 1. The van der Waals surface area contributed by atoms with Crippen LogP contribution in [0.2, 0.25) is 0 Å². The predicted octanol–water partition coefficient (Wildman–Crippen LogP) is 3.92. The topological polar surface area (TPSA) is 74.6 Å². The summed E-state index contributed by atoms with van der Waals surface area (Å²) in [6, 6.07) is 8.63. The molecule has 5 aliphatic rings. The number of aliphatic hydroxyl groups is 2. The summed E-state index contributed by atoms with van der Waals surface area (Å²) < 4.78 is 7.17. The number of nitrogens with one attached hydrogen (secondary N) is 1. The van der Waals surface area contributed by atoms with E-state index in [1.165, 1.54) is 27.5 Å². The highest BCUT2D eigenvalue weighted by atomic mass is 16.5. The minimum absolute atomic E-state index is 0.00847. The summed E-state index contributed by atoms with van der Waals surface area (Å²) in [5, 5.41) is 27.3. The van der Waals surface area contributed by atoms with Gasteiger partial charge in [0.25, 0.3) is 0 Å². The lowest BCUT2D eigenvalue weighted by atomic mass is 9.58. The van der Waals surface area contributed by atoms with Crippen molar-refractivity contribution in [1.82, 2.24) is 10.3 Å². The van der Waals surface area contributed by atoms with Crippen molar-refractivity contribution in [3.63, 3.8) is 0 Å². The molecule has 1 saturated carbocycles. The number of rotatable bonds is 2. The van der Waals surface area contributed by atoms with Gasteiger partial charge in [-0.1, -0.05) is 37.3 Å². The molecule has 0 amide bonds. The maximum Gasteiger partial charge on any atom is 0.105 e. The number of benzene rings is 1. The van der Waals surface area contributed by atoms with Gasteiger partial charge in [-0.25, -0.2) is 0 Å². The Balaban J connectivity index is 1.30. The number of aliphatic hydroxyl groups excluding tert-OH is 2. The van der Waals surface area contributed by atoms with Gasteiger partial charge in [0.05, 0.1) is 17.3 Å². The monoisotopic (exact) mass is 456 g/mol. The average molecular weight is 457 g/mol. The molecule has 5 heteroatoms. The molecule has 1 saturated heterocycles. The molecular formula is C29H32N2O3.